The number of rotatable bonds is 10. The predicted molar refractivity (Wildman–Crippen MR) is 158 cm³/mol. The van der Waals surface area contributed by atoms with Crippen LogP contribution >= 0.6 is 0 Å². The van der Waals surface area contributed by atoms with Crippen molar-refractivity contribution in [3.63, 3.8) is 0 Å². The van der Waals surface area contributed by atoms with Gasteiger partial charge in [0.15, 0.2) is 11.5 Å². The van der Waals surface area contributed by atoms with Crippen LogP contribution in [0.4, 0.5) is 0 Å². The van der Waals surface area contributed by atoms with Crippen molar-refractivity contribution in [3.05, 3.63) is 103 Å². The zero-order valence-electron chi connectivity index (χ0n) is 24.0. The van der Waals surface area contributed by atoms with Gasteiger partial charge in [-0.25, -0.2) is 4.79 Å². The first kappa shape index (κ1) is 28.7. The fourth-order valence-corrected chi connectivity index (χ4v) is 4.70. The van der Waals surface area contributed by atoms with E-state index in [1.54, 1.807) is 41.0 Å². The second-order valence-electron chi connectivity index (χ2n) is 10.5. The van der Waals surface area contributed by atoms with E-state index in [1.165, 1.54) is 18.8 Å². The Hall–Kier alpha value is -4.33. The molecule has 8 heteroatoms. The van der Waals surface area contributed by atoms with E-state index in [1.807, 2.05) is 26.0 Å². The molecule has 1 aromatic heterocycles. The van der Waals surface area contributed by atoms with E-state index >= 15 is 0 Å². The van der Waals surface area contributed by atoms with Crippen LogP contribution < -0.4 is 26.0 Å². The molecule has 0 aliphatic carbocycles. The molecular formula is C32H37N3O5. The molecule has 0 spiro atoms. The average Bonchev–Trinajstić information content (AvgIpc) is 2.94. The maximum Gasteiger partial charge on any atom is 0.332 e. The lowest BCUT2D eigenvalue weighted by molar-refractivity contribution is 0.0952. The number of aryl methyl sites for hydroxylation is 2. The van der Waals surface area contributed by atoms with E-state index in [4.69, 9.17) is 9.47 Å². The van der Waals surface area contributed by atoms with Gasteiger partial charge in [-0.05, 0) is 61.1 Å². The lowest BCUT2D eigenvalue weighted by Crippen LogP contribution is -2.40. The smallest absolute Gasteiger partial charge is 0.332 e. The molecule has 0 radical (unpaired) electrons. The Morgan fingerprint density at radius 3 is 2.20 bits per heavy atom. The molecule has 4 aromatic rings. The molecule has 0 aliphatic heterocycles. The van der Waals surface area contributed by atoms with Gasteiger partial charge in [0.25, 0.3) is 11.5 Å². The van der Waals surface area contributed by atoms with Crippen LogP contribution in [0.3, 0.4) is 0 Å². The Bertz CT molecular complexity index is 1650. The molecular weight excluding hydrogens is 506 g/mol. The molecule has 0 saturated carbocycles. The summed E-state index contributed by atoms with van der Waals surface area (Å²) in [6.07, 6.45) is 0.902. The van der Waals surface area contributed by atoms with E-state index in [0.717, 1.165) is 28.7 Å². The van der Waals surface area contributed by atoms with E-state index in [0.29, 0.717) is 40.4 Å². The third kappa shape index (κ3) is 6.11. The topological polar surface area (TPSA) is 91.6 Å². The monoisotopic (exact) mass is 543 g/mol. The summed E-state index contributed by atoms with van der Waals surface area (Å²) >= 11 is 0. The molecule has 0 fully saturated rings. The average molecular weight is 544 g/mol. The molecule has 40 heavy (non-hydrogen) atoms. The van der Waals surface area contributed by atoms with Gasteiger partial charge >= 0.3 is 5.69 Å². The first-order valence-electron chi connectivity index (χ1n) is 13.5. The molecule has 8 nitrogen and oxygen atoms in total. The number of amides is 1. The summed E-state index contributed by atoms with van der Waals surface area (Å²) in [6.45, 7) is 9.18. The van der Waals surface area contributed by atoms with E-state index < -0.39 is 11.2 Å². The summed E-state index contributed by atoms with van der Waals surface area (Å²) in [5, 5.41) is 3.28. The molecule has 4 rings (SSSR count). The summed E-state index contributed by atoms with van der Waals surface area (Å²) in [4.78, 5) is 40.1. The number of nitrogens with one attached hydrogen (secondary N) is 1. The second kappa shape index (κ2) is 12.2. The summed E-state index contributed by atoms with van der Waals surface area (Å²) in [6, 6.07) is 16.4. The van der Waals surface area contributed by atoms with Crippen LogP contribution in [-0.4, -0.2) is 35.8 Å². The lowest BCUT2D eigenvalue weighted by Gasteiger charge is -2.18. The molecule has 0 saturated heterocycles. The number of carbonyl (C=O) groups excluding carboxylic acids is 1. The number of benzene rings is 3. The quantitative estimate of drug-likeness (QED) is 0.314. The van der Waals surface area contributed by atoms with E-state index in [-0.39, 0.29) is 19.0 Å². The number of nitrogens with zero attached hydrogens (tertiary/aromatic N) is 2. The standard InChI is InChI=1S/C32H37N3O5/c1-20(2)13-14-33-30(36)24-11-9-23(10-12-24)18-35-31(37)26-16-28(39-5)29(40-6)17-27(26)34(32(35)38)19-25-15-21(3)7-8-22(25)4/h7-12,15-17,20H,13-14,18-19H2,1-6H3,(H,33,36). The number of aromatic nitrogens is 2. The van der Waals surface area contributed by atoms with Gasteiger partial charge in [0.2, 0.25) is 0 Å². The molecule has 210 valence electrons. The van der Waals surface area contributed by atoms with Gasteiger partial charge in [-0.15, -0.1) is 0 Å². The molecule has 1 N–H and O–H groups in total. The van der Waals surface area contributed by atoms with Gasteiger partial charge in [0.1, 0.15) is 0 Å². The number of carbonyl (C=O) groups is 1. The van der Waals surface area contributed by atoms with Crippen molar-refractivity contribution in [2.45, 2.75) is 47.2 Å². The first-order chi connectivity index (χ1) is 19.1. The summed E-state index contributed by atoms with van der Waals surface area (Å²) in [5.41, 5.74) is 3.99. The van der Waals surface area contributed by atoms with Crippen molar-refractivity contribution in [2.75, 3.05) is 20.8 Å². The summed E-state index contributed by atoms with van der Waals surface area (Å²) < 4.78 is 13.8. The van der Waals surface area contributed by atoms with Gasteiger partial charge in [0, 0.05) is 18.2 Å². The zero-order valence-corrected chi connectivity index (χ0v) is 24.0. The fraction of sp³-hybridized carbons (Fsp3) is 0.344. The number of methoxy groups -OCH3 is 2. The largest absolute Gasteiger partial charge is 0.493 e. The molecule has 0 atom stereocenters. The Kier molecular flexibility index (Phi) is 8.77. The fourth-order valence-electron chi connectivity index (χ4n) is 4.70. The van der Waals surface area contributed by atoms with Gasteiger partial charge in [-0.2, -0.15) is 0 Å². The minimum atomic E-state index is -0.430. The summed E-state index contributed by atoms with van der Waals surface area (Å²) in [5.74, 6) is 1.20. The highest BCUT2D eigenvalue weighted by atomic mass is 16.5. The van der Waals surface area contributed by atoms with Crippen molar-refractivity contribution in [2.24, 2.45) is 5.92 Å². The molecule has 0 unspecified atom stereocenters. The number of hydrogen-bond acceptors (Lipinski definition) is 5. The maximum absolute atomic E-state index is 13.9. The highest BCUT2D eigenvalue weighted by molar-refractivity contribution is 5.94. The number of fused-ring (bicyclic) bond motifs is 1. The first-order valence-corrected chi connectivity index (χ1v) is 13.5. The number of ether oxygens (including phenoxy) is 2. The van der Waals surface area contributed by atoms with Gasteiger partial charge < -0.3 is 14.8 Å². The van der Waals surface area contributed by atoms with Crippen LogP contribution in [0, 0.1) is 19.8 Å². The molecule has 0 aliphatic rings. The molecule has 1 amide bonds. The lowest BCUT2D eigenvalue weighted by atomic mass is 10.1. The summed E-state index contributed by atoms with van der Waals surface area (Å²) in [7, 11) is 3.03. The molecule has 3 aromatic carbocycles. The second-order valence-corrected chi connectivity index (χ2v) is 10.5. The van der Waals surface area contributed by atoms with Crippen molar-refractivity contribution in [1.29, 1.82) is 0 Å². The van der Waals surface area contributed by atoms with E-state index in [9.17, 15) is 14.4 Å². The normalized spacial score (nSPS) is 11.2. The van der Waals surface area contributed by atoms with Crippen molar-refractivity contribution >= 4 is 16.8 Å². The number of hydrogen-bond donors (Lipinski definition) is 1. The minimum absolute atomic E-state index is 0.0595. The van der Waals surface area contributed by atoms with Crippen LogP contribution in [0.2, 0.25) is 0 Å². The highest BCUT2D eigenvalue weighted by Gasteiger charge is 2.18. The maximum atomic E-state index is 13.9. The Balaban J connectivity index is 1.78. The predicted octanol–water partition coefficient (Wildman–Crippen LogP) is 4.67. The van der Waals surface area contributed by atoms with Gasteiger partial charge in [-0.1, -0.05) is 49.7 Å². The van der Waals surface area contributed by atoms with Crippen LogP contribution in [0.1, 0.15) is 52.9 Å². The van der Waals surface area contributed by atoms with Crippen molar-refractivity contribution in [1.82, 2.24) is 14.5 Å². The third-order valence-electron chi connectivity index (χ3n) is 7.13. The van der Waals surface area contributed by atoms with Crippen LogP contribution in [0.25, 0.3) is 10.9 Å². The Morgan fingerprint density at radius 1 is 0.875 bits per heavy atom. The van der Waals surface area contributed by atoms with E-state index in [2.05, 4.69) is 25.2 Å². The third-order valence-corrected chi connectivity index (χ3v) is 7.13. The van der Waals surface area contributed by atoms with Gasteiger partial charge in [-0.3, -0.25) is 18.7 Å². The zero-order chi connectivity index (χ0) is 29.0. The highest BCUT2D eigenvalue weighted by Crippen LogP contribution is 2.31. The van der Waals surface area contributed by atoms with Crippen LogP contribution in [0.5, 0.6) is 11.5 Å². The van der Waals surface area contributed by atoms with Crippen molar-refractivity contribution in [3.8, 4) is 11.5 Å². The van der Waals surface area contributed by atoms with Crippen LogP contribution in [-0.2, 0) is 13.1 Å². The molecule has 1 heterocycles. The SMILES string of the molecule is COc1cc2c(=O)n(Cc3ccc(C(=O)NCCC(C)C)cc3)c(=O)n(Cc3cc(C)ccc3C)c2cc1OC. The van der Waals surface area contributed by atoms with Gasteiger partial charge in [0.05, 0.1) is 38.2 Å². The van der Waals surface area contributed by atoms with Crippen LogP contribution in [0.15, 0.2) is 64.2 Å². The Labute approximate surface area is 234 Å². The molecule has 0 bridgehead atoms. The Morgan fingerprint density at radius 2 is 1.55 bits per heavy atom. The minimum Gasteiger partial charge on any atom is -0.493 e. The van der Waals surface area contributed by atoms with Crippen molar-refractivity contribution < 1.29 is 14.3 Å².